The van der Waals surface area contributed by atoms with Crippen LogP contribution < -0.4 is 4.74 Å². The predicted octanol–water partition coefficient (Wildman–Crippen LogP) is 3.42. The number of alkyl halides is 2. The SMILES string of the molecule is COc1ccc(C(C)(F)F)c(C)c1C. The van der Waals surface area contributed by atoms with Crippen LogP contribution in [0.1, 0.15) is 23.6 Å². The fourth-order valence-electron chi connectivity index (χ4n) is 1.49. The highest BCUT2D eigenvalue weighted by Crippen LogP contribution is 2.34. The molecule has 0 bridgehead atoms. The summed E-state index contributed by atoms with van der Waals surface area (Å²) in [6, 6.07) is 3.00. The molecule has 0 saturated carbocycles. The van der Waals surface area contributed by atoms with Crippen LogP contribution in [-0.2, 0) is 5.92 Å². The first-order valence-electron chi connectivity index (χ1n) is 4.40. The highest BCUT2D eigenvalue weighted by molar-refractivity contribution is 5.44. The van der Waals surface area contributed by atoms with Crippen molar-refractivity contribution in [3.05, 3.63) is 28.8 Å². The van der Waals surface area contributed by atoms with Crippen molar-refractivity contribution in [2.75, 3.05) is 7.11 Å². The van der Waals surface area contributed by atoms with E-state index in [1.54, 1.807) is 19.9 Å². The van der Waals surface area contributed by atoms with Crippen LogP contribution in [0.25, 0.3) is 0 Å². The summed E-state index contributed by atoms with van der Waals surface area (Å²) < 4.78 is 31.2. The number of ether oxygens (including phenoxy) is 1. The quantitative estimate of drug-likeness (QED) is 0.710. The first-order valence-corrected chi connectivity index (χ1v) is 4.40. The lowest BCUT2D eigenvalue weighted by Crippen LogP contribution is -2.10. The molecule has 0 atom stereocenters. The van der Waals surface area contributed by atoms with Gasteiger partial charge in [-0.15, -0.1) is 0 Å². The van der Waals surface area contributed by atoms with Gasteiger partial charge in [0.2, 0.25) is 0 Å². The van der Waals surface area contributed by atoms with Gasteiger partial charge in [-0.05, 0) is 37.1 Å². The van der Waals surface area contributed by atoms with Crippen LogP contribution in [0.4, 0.5) is 8.78 Å². The highest BCUT2D eigenvalue weighted by atomic mass is 19.3. The second-order valence-corrected chi connectivity index (χ2v) is 3.45. The summed E-state index contributed by atoms with van der Waals surface area (Å²) in [6.45, 7) is 4.37. The molecule has 1 aromatic carbocycles. The Kier molecular flexibility index (Phi) is 2.79. The molecule has 1 aromatic rings. The first-order chi connectivity index (χ1) is 6.38. The first kappa shape index (κ1) is 11.0. The van der Waals surface area contributed by atoms with Gasteiger partial charge in [-0.3, -0.25) is 0 Å². The van der Waals surface area contributed by atoms with E-state index in [1.807, 2.05) is 0 Å². The minimum Gasteiger partial charge on any atom is -0.496 e. The van der Waals surface area contributed by atoms with E-state index in [4.69, 9.17) is 4.74 Å². The third kappa shape index (κ3) is 1.86. The van der Waals surface area contributed by atoms with Crippen molar-refractivity contribution in [3.8, 4) is 5.75 Å². The summed E-state index contributed by atoms with van der Waals surface area (Å²) in [5, 5.41) is 0. The number of halogens is 2. The van der Waals surface area contributed by atoms with Gasteiger partial charge in [0.25, 0.3) is 5.92 Å². The van der Waals surface area contributed by atoms with Crippen LogP contribution in [0.3, 0.4) is 0 Å². The molecule has 78 valence electrons. The van der Waals surface area contributed by atoms with Gasteiger partial charge in [-0.2, -0.15) is 0 Å². The summed E-state index contributed by atoms with van der Waals surface area (Å²) in [6.07, 6.45) is 0. The van der Waals surface area contributed by atoms with E-state index in [-0.39, 0.29) is 5.56 Å². The average Bonchev–Trinajstić information content (AvgIpc) is 2.07. The van der Waals surface area contributed by atoms with Gasteiger partial charge in [-0.1, -0.05) is 0 Å². The summed E-state index contributed by atoms with van der Waals surface area (Å²) >= 11 is 0. The standard InChI is InChI=1S/C11H14F2O/c1-7-8(2)10(14-4)6-5-9(7)11(3,12)13/h5-6H,1-4H3. The molecule has 0 aliphatic rings. The zero-order valence-electron chi connectivity index (χ0n) is 8.82. The second kappa shape index (κ2) is 3.56. The van der Waals surface area contributed by atoms with Gasteiger partial charge < -0.3 is 4.74 Å². The number of hydrogen-bond acceptors (Lipinski definition) is 1. The minimum absolute atomic E-state index is 0.0656. The molecule has 14 heavy (non-hydrogen) atoms. The Morgan fingerprint density at radius 1 is 1.14 bits per heavy atom. The third-order valence-corrected chi connectivity index (χ3v) is 2.43. The fourth-order valence-corrected chi connectivity index (χ4v) is 1.49. The Morgan fingerprint density at radius 2 is 1.71 bits per heavy atom. The van der Waals surface area contributed by atoms with E-state index >= 15 is 0 Å². The smallest absolute Gasteiger partial charge is 0.270 e. The highest BCUT2D eigenvalue weighted by Gasteiger charge is 2.27. The molecule has 1 nitrogen and oxygen atoms in total. The van der Waals surface area contributed by atoms with Crippen molar-refractivity contribution in [1.29, 1.82) is 0 Å². The summed E-state index contributed by atoms with van der Waals surface area (Å²) in [7, 11) is 1.53. The summed E-state index contributed by atoms with van der Waals surface area (Å²) in [4.78, 5) is 0. The van der Waals surface area contributed by atoms with Crippen LogP contribution >= 0.6 is 0 Å². The molecule has 0 heterocycles. The van der Waals surface area contributed by atoms with Crippen molar-refractivity contribution in [1.82, 2.24) is 0 Å². The third-order valence-electron chi connectivity index (χ3n) is 2.43. The molecule has 0 amide bonds. The molecule has 0 saturated heterocycles. The van der Waals surface area contributed by atoms with Crippen LogP contribution in [0.5, 0.6) is 5.75 Å². The maximum Gasteiger partial charge on any atom is 0.270 e. The Hall–Kier alpha value is -1.12. The van der Waals surface area contributed by atoms with Crippen LogP contribution in [0, 0.1) is 13.8 Å². The molecule has 0 N–H and O–H groups in total. The van der Waals surface area contributed by atoms with Crippen molar-refractivity contribution in [3.63, 3.8) is 0 Å². The van der Waals surface area contributed by atoms with Gasteiger partial charge in [0.1, 0.15) is 5.75 Å². The van der Waals surface area contributed by atoms with Gasteiger partial charge in [-0.25, -0.2) is 8.78 Å². The largest absolute Gasteiger partial charge is 0.496 e. The van der Waals surface area contributed by atoms with Gasteiger partial charge in [0.15, 0.2) is 0 Å². The number of benzene rings is 1. The lowest BCUT2D eigenvalue weighted by molar-refractivity contribution is 0.0167. The molecule has 1 rings (SSSR count). The lowest BCUT2D eigenvalue weighted by Gasteiger charge is -2.17. The van der Waals surface area contributed by atoms with E-state index in [9.17, 15) is 8.78 Å². The van der Waals surface area contributed by atoms with E-state index in [0.29, 0.717) is 11.3 Å². The number of hydrogen-bond donors (Lipinski definition) is 0. The van der Waals surface area contributed by atoms with Crippen molar-refractivity contribution in [2.45, 2.75) is 26.7 Å². The minimum atomic E-state index is -2.79. The zero-order valence-corrected chi connectivity index (χ0v) is 8.82. The molecule has 3 heteroatoms. The topological polar surface area (TPSA) is 9.23 Å². The summed E-state index contributed by atoms with van der Waals surface area (Å²) in [5.41, 5.74) is 1.43. The van der Waals surface area contributed by atoms with Crippen molar-refractivity contribution in [2.24, 2.45) is 0 Å². The maximum atomic E-state index is 13.1. The Morgan fingerprint density at radius 3 is 2.14 bits per heavy atom. The predicted molar refractivity (Wildman–Crippen MR) is 52.0 cm³/mol. The van der Waals surface area contributed by atoms with Crippen molar-refractivity contribution < 1.29 is 13.5 Å². The second-order valence-electron chi connectivity index (χ2n) is 3.45. The normalized spacial score (nSPS) is 11.6. The molecule has 0 fully saturated rings. The molecular formula is C11H14F2O. The molecule has 0 spiro atoms. The molecule has 0 radical (unpaired) electrons. The van der Waals surface area contributed by atoms with Gasteiger partial charge in [0, 0.05) is 12.5 Å². The monoisotopic (exact) mass is 200 g/mol. The molecule has 0 aromatic heterocycles. The van der Waals surface area contributed by atoms with Crippen LogP contribution in [-0.4, -0.2) is 7.11 Å². The Bertz CT molecular complexity index is 340. The zero-order chi connectivity index (χ0) is 10.9. The molecule has 0 aliphatic carbocycles. The summed E-state index contributed by atoms with van der Waals surface area (Å²) in [5.74, 6) is -2.14. The number of rotatable bonds is 2. The maximum absolute atomic E-state index is 13.1. The lowest BCUT2D eigenvalue weighted by atomic mass is 9.98. The van der Waals surface area contributed by atoms with E-state index in [2.05, 4.69) is 0 Å². The van der Waals surface area contributed by atoms with Gasteiger partial charge in [0.05, 0.1) is 7.11 Å². The van der Waals surface area contributed by atoms with Gasteiger partial charge >= 0.3 is 0 Å². The Labute approximate surface area is 82.7 Å². The van der Waals surface area contributed by atoms with E-state index in [1.165, 1.54) is 13.2 Å². The Balaban J connectivity index is 3.31. The average molecular weight is 200 g/mol. The van der Waals surface area contributed by atoms with E-state index in [0.717, 1.165) is 12.5 Å². The molecule has 0 unspecified atom stereocenters. The molecule has 0 aliphatic heterocycles. The number of methoxy groups -OCH3 is 1. The van der Waals surface area contributed by atoms with Crippen LogP contribution in [0.2, 0.25) is 0 Å². The fraction of sp³-hybridized carbons (Fsp3) is 0.455. The van der Waals surface area contributed by atoms with Crippen molar-refractivity contribution >= 4 is 0 Å². The van der Waals surface area contributed by atoms with E-state index < -0.39 is 5.92 Å². The molecular weight excluding hydrogens is 186 g/mol. The van der Waals surface area contributed by atoms with Crippen LogP contribution in [0.15, 0.2) is 12.1 Å².